The van der Waals surface area contributed by atoms with Crippen molar-refractivity contribution in [2.45, 2.75) is 148 Å². The van der Waals surface area contributed by atoms with Gasteiger partial charge in [0.15, 0.2) is 16.6 Å². The van der Waals surface area contributed by atoms with Crippen molar-refractivity contribution < 1.29 is 48.2 Å². The van der Waals surface area contributed by atoms with E-state index in [1.807, 2.05) is 6.92 Å². The SMILES string of the molecule is [2H]C([2H])([2H])C(CCC[C@@](C)(C/C=C/C(O[Si](C)(C)C)(C(F)(F)F)C(F)(F)F)[C@H]1CC[C@H]2C(=O)CCC[C@]12C)(O[Si](C)(C)C)C([2H])([2H])[2H]. The molecule has 2 aliphatic carbocycles. The molecule has 0 bridgehead atoms. The van der Waals surface area contributed by atoms with E-state index in [1.54, 1.807) is 26.6 Å². The Kier molecular flexibility index (Phi) is 8.17. The lowest BCUT2D eigenvalue weighted by Crippen LogP contribution is -2.61. The van der Waals surface area contributed by atoms with Gasteiger partial charge >= 0.3 is 12.4 Å². The molecule has 0 heterocycles. The Hall–Kier alpha value is -0.656. The molecule has 0 aromatic carbocycles. The number of fused-ring (bicyclic) bond motifs is 1. The van der Waals surface area contributed by atoms with Crippen LogP contribution >= 0.6 is 0 Å². The summed E-state index contributed by atoms with van der Waals surface area (Å²) in [5.41, 5.74) is -8.64. The highest BCUT2D eigenvalue weighted by Crippen LogP contribution is 2.62. The van der Waals surface area contributed by atoms with Gasteiger partial charge in [0, 0.05) is 20.6 Å². The summed E-state index contributed by atoms with van der Waals surface area (Å²) in [6.07, 6.45) is -8.65. The molecule has 0 saturated heterocycles. The van der Waals surface area contributed by atoms with Crippen molar-refractivity contribution in [2.24, 2.45) is 22.7 Å². The van der Waals surface area contributed by atoms with Crippen LogP contribution in [0.1, 0.15) is 93.6 Å². The predicted molar refractivity (Wildman–Crippen MR) is 157 cm³/mol. The normalized spacial score (nSPS) is 29.7. The Morgan fingerprint density at radius 3 is 2.00 bits per heavy atom. The van der Waals surface area contributed by atoms with Crippen molar-refractivity contribution in [2.75, 3.05) is 0 Å². The maximum absolute atomic E-state index is 14.3. The van der Waals surface area contributed by atoms with Crippen LogP contribution in [0.15, 0.2) is 12.2 Å². The van der Waals surface area contributed by atoms with E-state index in [-0.39, 0.29) is 43.0 Å². The van der Waals surface area contributed by atoms with E-state index in [1.165, 1.54) is 19.6 Å². The third-order valence-electron chi connectivity index (χ3n) is 8.71. The average Bonchev–Trinajstić information content (AvgIpc) is 3.17. The van der Waals surface area contributed by atoms with E-state index >= 15 is 0 Å². The van der Waals surface area contributed by atoms with Crippen molar-refractivity contribution in [1.82, 2.24) is 0 Å². The first-order valence-electron chi connectivity index (χ1n) is 17.4. The quantitative estimate of drug-likeness (QED) is 0.121. The second kappa shape index (κ2) is 12.0. The van der Waals surface area contributed by atoms with Crippen LogP contribution in [-0.2, 0) is 13.6 Å². The number of Topliss-reactive ketones (excluding diaryl/α,β-unsaturated/α-hetero) is 1. The highest BCUT2D eigenvalue weighted by molar-refractivity contribution is 6.70. The molecule has 0 radical (unpaired) electrons. The highest BCUT2D eigenvalue weighted by Gasteiger charge is 2.71. The second-order valence-electron chi connectivity index (χ2n) is 14.6. The number of ketones is 1. The van der Waals surface area contributed by atoms with Crippen LogP contribution in [-0.4, -0.2) is 46.0 Å². The van der Waals surface area contributed by atoms with Gasteiger partial charge in [0.1, 0.15) is 5.78 Å². The molecule has 41 heavy (non-hydrogen) atoms. The van der Waals surface area contributed by atoms with Crippen molar-refractivity contribution in [3.8, 4) is 0 Å². The van der Waals surface area contributed by atoms with E-state index < -0.39 is 71.1 Å². The molecule has 0 aliphatic heterocycles. The molecule has 0 aromatic rings. The lowest BCUT2D eigenvalue weighted by Gasteiger charge is -2.48. The lowest BCUT2D eigenvalue weighted by atomic mass is 9.56. The van der Waals surface area contributed by atoms with Gasteiger partial charge in [0.25, 0.3) is 5.60 Å². The Morgan fingerprint density at radius 2 is 1.51 bits per heavy atom. The van der Waals surface area contributed by atoms with Crippen molar-refractivity contribution in [3.05, 3.63) is 12.2 Å². The first-order chi connectivity index (χ1) is 20.7. The van der Waals surface area contributed by atoms with Gasteiger partial charge in [-0.2, -0.15) is 26.3 Å². The zero-order valence-corrected chi connectivity index (χ0v) is 27.7. The summed E-state index contributed by atoms with van der Waals surface area (Å²) in [5.74, 6) is -0.530. The molecule has 4 atom stereocenters. The third-order valence-corrected chi connectivity index (χ3v) is 10.6. The van der Waals surface area contributed by atoms with Gasteiger partial charge < -0.3 is 8.85 Å². The van der Waals surface area contributed by atoms with Crippen LogP contribution in [0, 0.1) is 22.7 Å². The van der Waals surface area contributed by atoms with Crippen LogP contribution in [0.2, 0.25) is 39.3 Å². The molecule has 2 rings (SSSR count). The fourth-order valence-electron chi connectivity index (χ4n) is 7.29. The Bertz CT molecular complexity index is 1120. The van der Waals surface area contributed by atoms with Crippen LogP contribution in [0.25, 0.3) is 0 Å². The summed E-state index contributed by atoms with van der Waals surface area (Å²) in [5, 5.41) is 0. The van der Waals surface area contributed by atoms with Gasteiger partial charge in [-0.25, -0.2) is 0 Å². The molecule has 11 heteroatoms. The number of rotatable bonds is 12. The van der Waals surface area contributed by atoms with Gasteiger partial charge in [0.05, 0.1) is 5.60 Å². The van der Waals surface area contributed by atoms with Gasteiger partial charge in [-0.15, -0.1) is 0 Å². The Labute approximate surface area is 253 Å². The van der Waals surface area contributed by atoms with Gasteiger partial charge in [-0.05, 0) is 121 Å². The molecule has 2 saturated carbocycles. The van der Waals surface area contributed by atoms with Crippen LogP contribution in [0.4, 0.5) is 26.3 Å². The summed E-state index contributed by atoms with van der Waals surface area (Å²) in [6, 6.07) is 0. The number of halogens is 6. The molecule has 3 nitrogen and oxygen atoms in total. The largest absolute Gasteiger partial charge is 0.429 e. The third kappa shape index (κ3) is 8.72. The second-order valence-corrected chi connectivity index (χ2v) is 23.5. The molecule has 240 valence electrons. The number of alkyl halides is 6. The smallest absolute Gasteiger partial charge is 0.413 e. The maximum atomic E-state index is 14.3. The van der Waals surface area contributed by atoms with Crippen molar-refractivity contribution in [3.63, 3.8) is 0 Å². The Balaban J connectivity index is 2.65. The molecule has 0 unspecified atom stereocenters. The number of carbonyl (C=O) groups is 1. The first-order valence-corrected chi connectivity index (χ1v) is 21.2. The zero-order chi connectivity index (χ0) is 36.9. The number of carbonyl (C=O) groups excluding carboxylic acids is 1. The minimum atomic E-state index is -5.81. The standard InChI is InChI=1S/C30H52F6O3Si2/c1-25(2,38-40(5,6)7)17-12-18-26(3,24-16-15-22-23(37)14-11-20-27(22,24)4)19-13-21-28(29(31,32)33,30(34,35)36)39-41(8,9)10/h13,21-22,24H,11-12,14-20H2,1-10H3/b21-13+/t22-,24+,26-,27-/m0/s1/i1D3,2D3. The fraction of sp³-hybridized carbons (Fsp3) is 0.900. The van der Waals surface area contributed by atoms with E-state index in [9.17, 15) is 31.1 Å². The van der Waals surface area contributed by atoms with Crippen LogP contribution in [0.3, 0.4) is 0 Å². The van der Waals surface area contributed by atoms with E-state index in [4.69, 9.17) is 17.1 Å². The molecule has 2 aliphatic rings. The summed E-state index contributed by atoms with van der Waals surface area (Å²) in [7, 11) is -6.19. The van der Waals surface area contributed by atoms with Crippen LogP contribution in [0.5, 0.6) is 0 Å². The molecule has 2 fully saturated rings. The number of hydrogen-bond acceptors (Lipinski definition) is 3. The van der Waals surface area contributed by atoms with Crippen molar-refractivity contribution in [1.29, 1.82) is 0 Å². The van der Waals surface area contributed by atoms with E-state index in [0.29, 0.717) is 32.1 Å². The fourth-order valence-corrected chi connectivity index (χ4v) is 9.70. The molecule has 0 amide bonds. The minimum Gasteiger partial charge on any atom is -0.413 e. The molecule has 0 aromatic heterocycles. The van der Waals surface area contributed by atoms with Gasteiger partial charge in [-0.3, -0.25) is 4.79 Å². The average molecular weight is 637 g/mol. The monoisotopic (exact) mass is 636 g/mol. The number of hydrogen-bond donors (Lipinski definition) is 0. The molecular formula is C30H52F6O3Si2. The molecule has 0 spiro atoms. The summed E-state index contributed by atoms with van der Waals surface area (Å²) >= 11 is 0. The Morgan fingerprint density at radius 1 is 0.951 bits per heavy atom. The van der Waals surface area contributed by atoms with Crippen LogP contribution < -0.4 is 0 Å². The van der Waals surface area contributed by atoms with Crippen molar-refractivity contribution >= 4 is 22.4 Å². The zero-order valence-electron chi connectivity index (χ0n) is 31.7. The summed E-state index contributed by atoms with van der Waals surface area (Å²) in [4.78, 5) is 12.9. The highest BCUT2D eigenvalue weighted by atomic mass is 28.4. The minimum absolute atomic E-state index is 0.0358. The number of allylic oxidation sites excluding steroid dienone is 1. The molecule has 0 N–H and O–H groups in total. The van der Waals surface area contributed by atoms with E-state index in [0.717, 1.165) is 6.08 Å². The van der Waals surface area contributed by atoms with Gasteiger partial charge in [0.2, 0.25) is 0 Å². The maximum Gasteiger partial charge on any atom is 0.429 e. The topological polar surface area (TPSA) is 35.5 Å². The predicted octanol–water partition coefficient (Wildman–Crippen LogP) is 10.2. The van der Waals surface area contributed by atoms with Gasteiger partial charge in [-0.1, -0.05) is 26.3 Å². The first kappa shape index (κ1) is 27.9. The lowest BCUT2D eigenvalue weighted by molar-refractivity contribution is -0.340. The summed E-state index contributed by atoms with van der Waals surface area (Å²) < 4.78 is 146. The summed E-state index contributed by atoms with van der Waals surface area (Å²) in [6.45, 7) is 6.30. The molecular weight excluding hydrogens is 578 g/mol. The van der Waals surface area contributed by atoms with E-state index in [2.05, 4.69) is 0 Å².